The average molecular weight is 432 g/mol. The van der Waals surface area contributed by atoms with E-state index in [1.54, 1.807) is 24.3 Å². The maximum absolute atomic E-state index is 13.6. The van der Waals surface area contributed by atoms with E-state index >= 15 is 0 Å². The van der Waals surface area contributed by atoms with Gasteiger partial charge < -0.3 is 15.2 Å². The number of hydrogen-bond donors (Lipinski definition) is 2. The monoisotopic (exact) mass is 430 g/mol. The molecule has 0 saturated carbocycles. The molecule has 0 bridgehead atoms. The summed E-state index contributed by atoms with van der Waals surface area (Å²) in [5, 5.41) is 13.4. The lowest BCUT2D eigenvalue weighted by molar-refractivity contribution is 0.153. The fourth-order valence-corrected chi connectivity index (χ4v) is 3.52. The first kappa shape index (κ1) is 20.0. The van der Waals surface area contributed by atoms with Gasteiger partial charge in [0.1, 0.15) is 5.82 Å². The molecule has 1 saturated heterocycles. The summed E-state index contributed by atoms with van der Waals surface area (Å²) in [7, 11) is 1.53. The zero-order valence-electron chi connectivity index (χ0n) is 13.8. The number of nitrogens with one attached hydrogen (secondary N) is 1. The second kappa shape index (κ2) is 8.85. The lowest BCUT2D eigenvalue weighted by Gasteiger charge is -2.36. The second-order valence-corrected chi connectivity index (χ2v) is 6.72. The molecule has 3 rings (SSSR count). The van der Waals surface area contributed by atoms with Crippen molar-refractivity contribution in [1.82, 2.24) is 10.2 Å². The number of rotatable bonds is 4. The molecule has 2 aromatic rings. The van der Waals surface area contributed by atoms with Gasteiger partial charge in [0.15, 0.2) is 11.5 Å². The van der Waals surface area contributed by atoms with Gasteiger partial charge in [0.05, 0.1) is 7.11 Å². The van der Waals surface area contributed by atoms with Crippen LogP contribution in [0.15, 0.2) is 40.9 Å². The highest BCUT2D eigenvalue weighted by molar-refractivity contribution is 9.10. The number of benzene rings is 2. The van der Waals surface area contributed by atoms with Crippen molar-refractivity contribution in [2.24, 2.45) is 0 Å². The number of aromatic hydroxyl groups is 1. The number of phenols is 1. The molecule has 4 nitrogen and oxygen atoms in total. The van der Waals surface area contributed by atoms with E-state index in [2.05, 4.69) is 26.1 Å². The van der Waals surface area contributed by atoms with Gasteiger partial charge in [0, 0.05) is 36.7 Å². The minimum absolute atomic E-state index is 0. The van der Waals surface area contributed by atoms with E-state index in [1.807, 2.05) is 6.07 Å². The van der Waals surface area contributed by atoms with E-state index in [0.29, 0.717) is 12.3 Å². The van der Waals surface area contributed by atoms with E-state index in [4.69, 9.17) is 4.74 Å². The van der Waals surface area contributed by atoms with Crippen LogP contribution in [0.5, 0.6) is 11.5 Å². The number of phenolic OH excluding ortho intramolecular Hbond substituents is 1. The summed E-state index contributed by atoms with van der Waals surface area (Å²) < 4.78 is 19.6. The Morgan fingerprint density at radius 1 is 1.36 bits per heavy atom. The van der Waals surface area contributed by atoms with Crippen molar-refractivity contribution < 1.29 is 14.2 Å². The summed E-state index contributed by atoms with van der Waals surface area (Å²) in [6.07, 6.45) is 0. The first-order chi connectivity index (χ1) is 11.6. The van der Waals surface area contributed by atoms with Crippen molar-refractivity contribution >= 4 is 28.3 Å². The normalized spacial score (nSPS) is 17.8. The Labute approximate surface area is 161 Å². The Kier molecular flexibility index (Phi) is 7.07. The van der Waals surface area contributed by atoms with Gasteiger partial charge in [-0.1, -0.05) is 28.1 Å². The van der Waals surface area contributed by atoms with E-state index in [0.717, 1.165) is 35.2 Å². The SMILES string of the molecule is COc1cc(Br)c(CN2CCNCC2c2cccc(F)c2)cc1O.Cl. The van der Waals surface area contributed by atoms with Gasteiger partial charge >= 0.3 is 0 Å². The fraction of sp³-hybridized carbons (Fsp3) is 0.333. The highest BCUT2D eigenvalue weighted by atomic mass is 79.9. The van der Waals surface area contributed by atoms with Crippen LogP contribution in [-0.2, 0) is 6.54 Å². The molecular formula is C18H21BrClFN2O2. The lowest BCUT2D eigenvalue weighted by Crippen LogP contribution is -2.45. The molecule has 1 aliphatic heterocycles. The maximum Gasteiger partial charge on any atom is 0.161 e. The third-order valence-electron chi connectivity index (χ3n) is 4.31. The Morgan fingerprint density at radius 3 is 2.88 bits per heavy atom. The Bertz CT molecular complexity index is 732. The van der Waals surface area contributed by atoms with Crippen molar-refractivity contribution in [1.29, 1.82) is 0 Å². The van der Waals surface area contributed by atoms with Gasteiger partial charge in [-0.05, 0) is 35.4 Å². The van der Waals surface area contributed by atoms with Crippen molar-refractivity contribution in [3.8, 4) is 11.5 Å². The van der Waals surface area contributed by atoms with Crippen molar-refractivity contribution in [2.75, 3.05) is 26.7 Å². The van der Waals surface area contributed by atoms with Crippen LogP contribution < -0.4 is 10.1 Å². The molecule has 1 heterocycles. The van der Waals surface area contributed by atoms with Crippen LogP contribution in [0, 0.1) is 5.82 Å². The zero-order chi connectivity index (χ0) is 17.1. The summed E-state index contributed by atoms with van der Waals surface area (Å²) in [6.45, 7) is 3.15. The first-order valence-electron chi connectivity index (χ1n) is 7.84. The molecule has 2 N–H and O–H groups in total. The van der Waals surface area contributed by atoms with Crippen LogP contribution >= 0.6 is 28.3 Å². The predicted octanol–water partition coefficient (Wildman–Crippen LogP) is 3.87. The minimum Gasteiger partial charge on any atom is -0.504 e. The second-order valence-electron chi connectivity index (χ2n) is 5.86. The molecule has 0 spiro atoms. The van der Waals surface area contributed by atoms with Gasteiger partial charge in [0.25, 0.3) is 0 Å². The summed E-state index contributed by atoms with van der Waals surface area (Å²) in [4.78, 5) is 2.29. The highest BCUT2D eigenvalue weighted by Gasteiger charge is 2.25. The van der Waals surface area contributed by atoms with E-state index < -0.39 is 0 Å². The van der Waals surface area contributed by atoms with Crippen molar-refractivity contribution in [2.45, 2.75) is 12.6 Å². The van der Waals surface area contributed by atoms with Crippen LogP contribution in [0.25, 0.3) is 0 Å². The number of piperazine rings is 1. The Morgan fingerprint density at radius 2 is 2.16 bits per heavy atom. The molecule has 0 radical (unpaired) electrons. The van der Waals surface area contributed by atoms with Gasteiger partial charge in [0.2, 0.25) is 0 Å². The molecule has 0 aromatic heterocycles. The van der Waals surface area contributed by atoms with Crippen LogP contribution in [0.3, 0.4) is 0 Å². The lowest BCUT2D eigenvalue weighted by atomic mass is 10.0. The topological polar surface area (TPSA) is 44.7 Å². The summed E-state index contributed by atoms with van der Waals surface area (Å²) >= 11 is 3.54. The zero-order valence-corrected chi connectivity index (χ0v) is 16.2. The smallest absolute Gasteiger partial charge is 0.161 e. The maximum atomic E-state index is 13.6. The van der Waals surface area contributed by atoms with Crippen molar-refractivity contribution in [3.63, 3.8) is 0 Å². The highest BCUT2D eigenvalue weighted by Crippen LogP contribution is 2.34. The summed E-state index contributed by atoms with van der Waals surface area (Å²) in [5.74, 6) is 0.335. The van der Waals surface area contributed by atoms with Crippen LogP contribution in [0.4, 0.5) is 4.39 Å². The van der Waals surface area contributed by atoms with E-state index in [1.165, 1.54) is 13.2 Å². The molecule has 25 heavy (non-hydrogen) atoms. The fourth-order valence-electron chi connectivity index (χ4n) is 3.07. The standard InChI is InChI=1S/C18H20BrFN2O2.ClH/c1-24-18-9-15(19)13(8-17(18)23)11-22-6-5-21-10-16(22)12-3-2-4-14(20)7-12;/h2-4,7-9,16,21,23H,5-6,10-11H2,1H3;1H. The molecule has 0 amide bonds. The quantitative estimate of drug-likeness (QED) is 0.771. The average Bonchev–Trinajstić information content (AvgIpc) is 2.58. The molecular weight excluding hydrogens is 411 g/mol. The van der Waals surface area contributed by atoms with Crippen LogP contribution in [-0.4, -0.2) is 36.8 Å². The van der Waals surface area contributed by atoms with Gasteiger partial charge in [-0.15, -0.1) is 12.4 Å². The van der Waals surface area contributed by atoms with Gasteiger partial charge in [-0.2, -0.15) is 0 Å². The number of hydrogen-bond acceptors (Lipinski definition) is 4. The Balaban J connectivity index is 0.00000225. The first-order valence-corrected chi connectivity index (χ1v) is 8.63. The van der Waals surface area contributed by atoms with Gasteiger partial charge in [-0.3, -0.25) is 4.90 Å². The molecule has 1 unspecified atom stereocenters. The van der Waals surface area contributed by atoms with E-state index in [9.17, 15) is 9.50 Å². The van der Waals surface area contributed by atoms with E-state index in [-0.39, 0.29) is 30.0 Å². The van der Waals surface area contributed by atoms with Crippen LogP contribution in [0.2, 0.25) is 0 Å². The minimum atomic E-state index is -0.221. The van der Waals surface area contributed by atoms with Crippen LogP contribution in [0.1, 0.15) is 17.2 Å². The third kappa shape index (κ3) is 4.64. The summed E-state index contributed by atoms with van der Waals surface area (Å²) in [5.41, 5.74) is 1.92. The summed E-state index contributed by atoms with van der Waals surface area (Å²) in [6, 6.07) is 10.3. The number of methoxy groups -OCH3 is 1. The molecule has 0 aliphatic carbocycles. The molecule has 1 atom stereocenters. The molecule has 1 aliphatic rings. The molecule has 2 aromatic carbocycles. The molecule has 1 fully saturated rings. The number of halogens is 3. The largest absolute Gasteiger partial charge is 0.504 e. The number of nitrogens with zero attached hydrogens (tertiary/aromatic N) is 1. The predicted molar refractivity (Wildman–Crippen MR) is 102 cm³/mol. The molecule has 136 valence electrons. The third-order valence-corrected chi connectivity index (χ3v) is 5.05. The Hall–Kier alpha value is -1.34. The van der Waals surface area contributed by atoms with Gasteiger partial charge in [-0.25, -0.2) is 4.39 Å². The number of ether oxygens (including phenoxy) is 1. The van der Waals surface area contributed by atoms with Crippen molar-refractivity contribution in [3.05, 3.63) is 57.8 Å². The molecule has 7 heteroatoms.